The van der Waals surface area contributed by atoms with E-state index in [1.165, 1.54) is 0 Å². The lowest BCUT2D eigenvalue weighted by Gasteiger charge is -2.07. The molecule has 0 saturated heterocycles. The molecular weight excluding hydrogens is 278 g/mol. The molecule has 0 aliphatic heterocycles. The minimum atomic E-state index is -0.572. The number of hydrogen-bond acceptors (Lipinski definition) is 3. The number of urea groups is 1. The third-order valence-electron chi connectivity index (χ3n) is 3.13. The van der Waals surface area contributed by atoms with Crippen LogP contribution in [0.15, 0.2) is 66.9 Å². The summed E-state index contributed by atoms with van der Waals surface area (Å²) in [7, 11) is 0. The molecule has 0 atom stereocenters. The predicted octanol–water partition coefficient (Wildman–Crippen LogP) is 3.20. The highest BCUT2D eigenvalue weighted by Crippen LogP contribution is 2.13. The summed E-state index contributed by atoms with van der Waals surface area (Å²) in [6, 6.07) is 17.2. The minimum Gasteiger partial charge on any atom is -0.308 e. The number of carbonyl (C=O) groups excluding carboxylic acids is 2. The van der Waals surface area contributed by atoms with Crippen molar-refractivity contribution >= 4 is 28.5 Å². The van der Waals surface area contributed by atoms with Gasteiger partial charge >= 0.3 is 6.03 Å². The highest BCUT2D eigenvalue weighted by Gasteiger charge is 2.11. The molecule has 1 aromatic heterocycles. The van der Waals surface area contributed by atoms with Gasteiger partial charge in [-0.05, 0) is 30.3 Å². The monoisotopic (exact) mass is 291 g/mol. The summed E-state index contributed by atoms with van der Waals surface area (Å²) in [5.74, 6) is -0.471. The second-order valence-corrected chi connectivity index (χ2v) is 4.69. The van der Waals surface area contributed by atoms with Gasteiger partial charge < -0.3 is 5.32 Å². The number of hydrogen-bond donors (Lipinski definition) is 2. The van der Waals surface area contributed by atoms with Crippen molar-refractivity contribution in [1.29, 1.82) is 0 Å². The molecule has 5 heteroatoms. The lowest BCUT2D eigenvalue weighted by Crippen LogP contribution is -2.34. The maximum absolute atomic E-state index is 12.1. The van der Waals surface area contributed by atoms with Crippen LogP contribution in [0.4, 0.5) is 10.5 Å². The molecule has 108 valence electrons. The average molecular weight is 291 g/mol. The maximum atomic E-state index is 12.1. The molecule has 22 heavy (non-hydrogen) atoms. The van der Waals surface area contributed by atoms with Crippen LogP contribution in [0.1, 0.15) is 10.4 Å². The topological polar surface area (TPSA) is 71.1 Å². The zero-order valence-electron chi connectivity index (χ0n) is 11.6. The number of imide groups is 1. The van der Waals surface area contributed by atoms with Gasteiger partial charge in [-0.15, -0.1) is 0 Å². The highest BCUT2D eigenvalue weighted by atomic mass is 16.2. The van der Waals surface area contributed by atoms with Crippen molar-refractivity contribution in [3.8, 4) is 0 Å². The van der Waals surface area contributed by atoms with Crippen LogP contribution in [0.3, 0.4) is 0 Å². The summed E-state index contributed by atoms with van der Waals surface area (Å²) in [6.07, 6.45) is 1.66. The number of fused-ring (bicyclic) bond motifs is 1. The van der Waals surface area contributed by atoms with E-state index >= 15 is 0 Å². The average Bonchev–Trinajstić information content (AvgIpc) is 2.55. The molecule has 0 aliphatic rings. The van der Waals surface area contributed by atoms with Crippen molar-refractivity contribution in [1.82, 2.24) is 10.3 Å². The molecule has 3 amide bonds. The summed E-state index contributed by atoms with van der Waals surface area (Å²) in [5.41, 5.74) is 1.71. The Bertz CT molecular complexity index is 831. The van der Waals surface area contributed by atoms with Crippen LogP contribution in [-0.4, -0.2) is 16.9 Å². The SMILES string of the molecule is O=C(NC(=O)c1ccc2cccnc2c1)Nc1ccccc1. The lowest BCUT2D eigenvalue weighted by atomic mass is 10.1. The van der Waals surface area contributed by atoms with Crippen LogP contribution in [0.2, 0.25) is 0 Å². The van der Waals surface area contributed by atoms with Crippen LogP contribution in [0.5, 0.6) is 0 Å². The molecule has 3 rings (SSSR count). The summed E-state index contributed by atoms with van der Waals surface area (Å²) >= 11 is 0. The van der Waals surface area contributed by atoms with Crippen LogP contribution in [0, 0.1) is 0 Å². The fourth-order valence-corrected chi connectivity index (χ4v) is 2.07. The standard InChI is InChI=1S/C17H13N3O2/c21-16(20-17(22)19-14-6-2-1-3-7-14)13-9-8-12-5-4-10-18-15(12)11-13/h1-11H,(H2,19,20,21,22). The van der Waals surface area contributed by atoms with Gasteiger partial charge in [-0.1, -0.05) is 30.3 Å². The summed E-state index contributed by atoms with van der Waals surface area (Å²) < 4.78 is 0. The zero-order chi connectivity index (χ0) is 15.4. The van der Waals surface area contributed by atoms with E-state index in [2.05, 4.69) is 15.6 Å². The van der Waals surface area contributed by atoms with Gasteiger partial charge in [0.1, 0.15) is 0 Å². The van der Waals surface area contributed by atoms with Crippen molar-refractivity contribution in [3.05, 3.63) is 72.4 Å². The number of amides is 3. The van der Waals surface area contributed by atoms with Gasteiger partial charge in [0.15, 0.2) is 0 Å². The van der Waals surface area contributed by atoms with Gasteiger partial charge in [-0.3, -0.25) is 15.1 Å². The molecule has 3 aromatic rings. The van der Waals surface area contributed by atoms with Gasteiger partial charge in [0.2, 0.25) is 0 Å². The largest absolute Gasteiger partial charge is 0.326 e. The van der Waals surface area contributed by atoms with E-state index < -0.39 is 11.9 Å². The Balaban J connectivity index is 1.71. The van der Waals surface area contributed by atoms with Crippen LogP contribution in [0.25, 0.3) is 10.9 Å². The van der Waals surface area contributed by atoms with E-state index in [4.69, 9.17) is 0 Å². The first-order chi connectivity index (χ1) is 10.7. The van der Waals surface area contributed by atoms with Crippen LogP contribution in [-0.2, 0) is 0 Å². The molecule has 0 fully saturated rings. The van der Waals surface area contributed by atoms with E-state index in [9.17, 15) is 9.59 Å². The predicted molar refractivity (Wildman–Crippen MR) is 84.7 cm³/mol. The minimum absolute atomic E-state index is 0.384. The molecule has 2 aromatic carbocycles. The molecule has 0 unspecified atom stereocenters. The van der Waals surface area contributed by atoms with Gasteiger partial charge in [-0.2, -0.15) is 0 Å². The fraction of sp³-hybridized carbons (Fsp3) is 0. The molecule has 2 N–H and O–H groups in total. The van der Waals surface area contributed by atoms with Gasteiger partial charge in [-0.25, -0.2) is 4.79 Å². The van der Waals surface area contributed by atoms with Gasteiger partial charge in [0.05, 0.1) is 5.52 Å². The Hall–Kier alpha value is -3.21. The number of nitrogens with one attached hydrogen (secondary N) is 2. The lowest BCUT2D eigenvalue weighted by molar-refractivity contribution is 0.0967. The quantitative estimate of drug-likeness (QED) is 0.761. The van der Waals surface area contributed by atoms with Crippen molar-refractivity contribution in [2.45, 2.75) is 0 Å². The van der Waals surface area contributed by atoms with E-state index in [1.807, 2.05) is 18.2 Å². The number of carbonyl (C=O) groups is 2. The Labute approximate surface area is 127 Å². The molecule has 0 radical (unpaired) electrons. The number of nitrogens with zero attached hydrogens (tertiary/aromatic N) is 1. The molecule has 0 bridgehead atoms. The summed E-state index contributed by atoms with van der Waals surface area (Å²) in [6.45, 7) is 0. The first kappa shape index (κ1) is 13.8. The number of anilines is 1. The van der Waals surface area contributed by atoms with Crippen molar-refractivity contribution in [2.24, 2.45) is 0 Å². The first-order valence-corrected chi connectivity index (χ1v) is 6.74. The molecule has 1 heterocycles. The van der Waals surface area contributed by atoms with E-state index in [-0.39, 0.29) is 0 Å². The van der Waals surface area contributed by atoms with Crippen molar-refractivity contribution < 1.29 is 9.59 Å². The Morgan fingerprint density at radius 3 is 2.55 bits per heavy atom. The van der Waals surface area contributed by atoms with Crippen LogP contribution >= 0.6 is 0 Å². The Kier molecular flexibility index (Phi) is 3.78. The first-order valence-electron chi connectivity index (χ1n) is 6.74. The number of rotatable bonds is 2. The third-order valence-corrected chi connectivity index (χ3v) is 3.13. The normalized spacial score (nSPS) is 10.2. The summed E-state index contributed by atoms with van der Waals surface area (Å²) in [5, 5.41) is 5.82. The van der Waals surface area contributed by atoms with E-state index in [1.54, 1.807) is 48.7 Å². The van der Waals surface area contributed by atoms with E-state index in [0.29, 0.717) is 16.8 Å². The number of benzene rings is 2. The highest BCUT2D eigenvalue weighted by molar-refractivity contribution is 6.09. The Morgan fingerprint density at radius 1 is 0.909 bits per heavy atom. The molecule has 0 spiro atoms. The van der Waals surface area contributed by atoms with Crippen molar-refractivity contribution in [2.75, 3.05) is 5.32 Å². The van der Waals surface area contributed by atoms with Gasteiger partial charge in [0.25, 0.3) is 5.91 Å². The second kappa shape index (κ2) is 6.05. The third kappa shape index (κ3) is 3.09. The maximum Gasteiger partial charge on any atom is 0.326 e. The molecule has 0 saturated carbocycles. The summed E-state index contributed by atoms with van der Waals surface area (Å²) in [4.78, 5) is 28.1. The second-order valence-electron chi connectivity index (χ2n) is 4.69. The smallest absolute Gasteiger partial charge is 0.308 e. The molecule has 0 aliphatic carbocycles. The zero-order valence-corrected chi connectivity index (χ0v) is 11.6. The van der Waals surface area contributed by atoms with Gasteiger partial charge in [0, 0.05) is 22.8 Å². The van der Waals surface area contributed by atoms with Crippen LogP contribution < -0.4 is 10.6 Å². The molecular formula is C17H13N3O2. The number of aromatic nitrogens is 1. The fourth-order valence-electron chi connectivity index (χ4n) is 2.07. The number of para-hydroxylation sites is 1. The molecule has 5 nitrogen and oxygen atoms in total. The van der Waals surface area contributed by atoms with Crippen molar-refractivity contribution in [3.63, 3.8) is 0 Å². The number of pyridine rings is 1. The van der Waals surface area contributed by atoms with E-state index in [0.717, 1.165) is 5.39 Å². The Morgan fingerprint density at radius 2 is 1.73 bits per heavy atom.